The summed E-state index contributed by atoms with van der Waals surface area (Å²) >= 11 is 6.06. The van der Waals surface area contributed by atoms with Crippen LogP contribution in [0.15, 0.2) is 72.8 Å². The Morgan fingerprint density at radius 1 is 0.844 bits per heavy atom. The van der Waals surface area contributed by atoms with E-state index in [-0.39, 0.29) is 18.0 Å². The van der Waals surface area contributed by atoms with Gasteiger partial charge in [0.25, 0.3) is 0 Å². The van der Waals surface area contributed by atoms with Crippen LogP contribution in [-0.4, -0.2) is 6.04 Å². The first kappa shape index (κ1) is 23.1. The molecule has 0 aliphatic carbocycles. The maximum absolute atomic E-state index is 9.41. The number of hydrogen-bond acceptors (Lipinski definition) is 4. The predicted molar refractivity (Wildman–Crippen MR) is 126 cm³/mol. The summed E-state index contributed by atoms with van der Waals surface area (Å²) in [6, 6.07) is 29.3. The lowest BCUT2D eigenvalue weighted by Gasteiger charge is -2.30. The number of hydrogen-bond donors (Lipinski definition) is 1. The monoisotopic (exact) mass is 438 g/mol. The fourth-order valence-corrected chi connectivity index (χ4v) is 4.01. The van der Waals surface area contributed by atoms with Gasteiger partial charge in [-0.2, -0.15) is 15.8 Å². The van der Waals surface area contributed by atoms with Crippen molar-refractivity contribution in [3.8, 4) is 18.2 Å². The van der Waals surface area contributed by atoms with E-state index in [9.17, 15) is 10.5 Å². The summed E-state index contributed by atoms with van der Waals surface area (Å²) < 4.78 is 0. The van der Waals surface area contributed by atoms with Crippen molar-refractivity contribution >= 4 is 11.6 Å². The molecule has 0 amide bonds. The van der Waals surface area contributed by atoms with E-state index in [0.29, 0.717) is 22.6 Å². The third-order valence-corrected chi connectivity index (χ3v) is 5.87. The van der Waals surface area contributed by atoms with Crippen molar-refractivity contribution in [2.45, 2.75) is 37.8 Å². The van der Waals surface area contributed by atoms with Crippen LogP contribution in [0.25, 0.3) is 0 Å². The Kier molecular flexibility index (Phi) is 8.02. The van der Waals surface area contributed by atoms with E-state index in [0.717, 1.165) is 23.1 Å². The molecule has 0 spiro atoms. The van der Waals surface area contributed by atoms with Crippen molar-refractivity contribution in [2.24, 2.45) is 0 Å². The smallest absolute Gasteiger partial charge is 0.0991 e. The summed E-state index contributed by atoms with van der Waals surface area (Å²) in [5, 5.41) is 32.2. The Labute approximate surface area is 194 Å². The summed E-state index contributed by atoms with van der Waals surface area (Å²) in [7, 11) is 0. The minimum Gasteiger partial charge on any atom is -0.306 e. The molecule has 3 aromatic rings. The zero-order valence-corrected chi connectivity index (χ0v) is 18.6. The third kappa shape index (κ3) is 5.96. The fourth-order valence-electron chi connectivity index (χ4n) is 3.88. The van der Waals surface area contributed by atoms with Crippen molar-refractivity contribution in [3.05, 3.63) is 106 Å². The zero-order chi connectivity index (χ0) is 22.9. The summed E-state index contributed by atoms with van der Waals surface area (Å²) in [4.78, 5) is 0. The van der Waals surface area contributed by atoms with Crippen LogP contribution in [0.5, 0.6) is 0 Å². The van der Waals surface area contributed by atoms with Crippen molar-refractivity contribution in [2.75, 3.05) is 0 Å². The van der Waals surface area contributed by atoms with Gasteiger partial charge in [-0.15, -0.1) is 0 Å². The molecule has 3 rings (SSSR count). The Bertz CT molecular complexity index is 1160. The standard InChI is InChI=1S/C27H23ClN4/c1-19(32-27(13-14-29)23-9-5-21(17-30)6-10-23)26(16-20-7-11-25(28)12-8-20)24-4-2-3-22(15-24)18-31/h2-12,15,19,26-27,32H,13,16H2,1H3/t19-,26+,27?/m0/s1. The topological polar surface area (TPSA) is 83.4 Å². The first-order chi connectivity index (χ1) is 15.5. The molecule has 1 N–H and O–H groups in total. The Balaban J connectivity index is 1.90. The lowest BCUT2D eigenvalue weighted by atomic mass is 9.85. The van der Waals surface area contributed by atoms with E-state index in [1.54, 1.807) is 18.2 Å². The van der Waals surface area contributed by atoms with Gasteiger partial charge in [0.15, 0.2) is 0 Å². The van der Waals surface area contributed by atoms with Crippen LogP contribution < -0.4 is 5.32 Å². The Morgan fingerprint density at radius 3 is 2.16 bits per heavy atom. The van der Waals surface area contributed by atoms with E-state index < -0.39 is 0 Å². The van der Waals surface area contributed by atoms with Crippen LogP contribution in [0.3, 0.4) is 0 Å². The van der Waals surface area contributed by atoms with Crippen molar-refractivity contribution < 1.29 is 0 Å². The molecular formula is C27H23ClN4. The van der Waals surface area contributed by atoms with Crippen LogP contribution in [0, 0.1) is 34.0 Å². The van der Waals surface area contributed by atoms with E-state index in [4.69, 9.17) is 16.9 Å². The van der Waals surface area contributed by atoms with Crippen molar-refractivity contribution in [3.63, 3.8) is 0 Å². The highest BCUT2D eigenvalue weighted by Crippen LogP contribution is 2.29. The molecule has 0 saturated heterocycles. The number of rotatable bonds is 8. The van der Waals surface area contributed by atoms with E-state index in [1.165, 1.54) is 0 Å². The summed E-state index contributed by atoms with van der Waals surface area (Å²) in [6.07, 6.45) is 1.06. The second kappa shape index (κ2) is 11.1. The summed E-state index contributed by atoms with van der Waals surface area (Å²) in [5.74, 6) is 0.0732. The van der Waals surface area contributed by atoms with E-state index >= 15 is 0 Å². The number of nitriles is 3. The second-order valence-electron chi connectivity index (χ2n) is 7.78. The average Bonchev–Trinajstić information content (AvgIpc) is 2.83. The molecule has 0 fully saturated rings. The number of halogens is 1. The fraction of sp³-hybridized carbons (Fsp3) is 0.222. The average molecular weight is 439 g/mol. The molecule has 4 nitrogen and oxygen atoms in total. The van der Waals surface area contributed by atoms with Gasteiger partial charge in [0.2, 0.25) is 0 Å². The first-order valence-corrected chi connectivity index (χ1v) is 10.8. The maximum Gasteiger partial charge on any atom is 0.0991 e. The Hall–Kier alpha value is -3.62. The van der Waals surface area contributed by atoms with Crippen LogP contribution in [0.2, 0.25) is 5.02 Å². The predicted octanol–water partition coefficient (Wildman–Crippen LogP) is 6.04. The molecule has 0 aromatic heterocycles. The van der Waals surface area contributed by atoms with Gasteiger partial charge in [-0.1, -0.05) is 48.0 Å². The molecule has 0 aliphatic heterocycles. The quantitative estimate of drug-likeness (QED) is 0.464. The van der Waals surface area contributed by atoms with Crippen molar-refractivity contribution in [1.82, 2.24) is 5.32 Å². The molecule has 0 radical (unpaired) electrons. The minimum absolute atomic E-state index is 0.00798. The molecule has 0 saturated carbocycles. The normalized spacial score (nSPS) is 13.2. The van der Waals surface area contributed by atoms with Gasteiger partial charge in [-0.05, 0) is 66.4 Å². The molecule has 0 aliphatic rings. The molecular weight excluding hydrogens is 416 g/mol. The van der Waals surface area contributed by atoms with Crippen LogP contribution in [0.1, 0.15) is 53.1 Å². The zero-order valence-electron chi connectivity index (χ0n) is 17.8. The maximum atomic E-state index is 9.41. The van der Waals surface area contributed by atoms with Gasteiger partial charge < -0.3 is 5.32 Å². The van der Waals surface area contributed by atoms with Crippen molar-refractivity contribution in [1.29, 1.82) is 15.8 Å². The van der Waals surface area contributed by atoms with E-state index in [1.807, 2.05) is 54.6 Å². The van der Waals surface area contributed by atoms with Gasteiger partial charge in [-0.25, -0.2) is 0 Å². The first-order valence-electron chi connectivity index (χ1n) is 10.4. The highest BCUT2D eigenvalue weighted by atomic mass is 35.5. The largest absolute Gasteiger partial charge is 0.306 e. The van der Waals surface area contributed by atoms with Gasteiger partial charge >= 0.3 is 0 Å². The molecule has 0 bridgehead atoms. The lowest BCUT2D eigenvalue weighted by Crippen LogP contribution is -2.36. The number of nitrogens with one attached hydrogen (secondary N) is 1. The molecule has 158 valence electrons. The molecule has 1 unspecified atom stereocenters. The number of benzene rings is 3. The minimum atomic E-state index is -0.172. The van der Waals surface area contributed by atoms with Gasteiger partial charge in [0.1, 0.15) is 0 Å². The second-order valence-corrected chi connectivity index (χ2v) is 8.21. The van der Waals surface area contributed by atoms with Gasteiger partial charge in [-0.3, -0.25) is 0 Å². The third-order valence-electron chi connectivity index (χ3n) is 5.62. The molecule has 3 atom stereocenters. The SMILES string of the molecule is C[C@H](NC(CC#N)c1ccc(C#N)cc1)[C@@H](Cc1ccc(Cl)cc1)c1cccc(C#N)c1. The molecule has 3 aromatic carbocycles. The highest BCUT2D eigenvalue weighted by molar-refractivity contribution is 6.30. The van der Waals surface area contributed by atoms with Crippen LogP contribution >= 0.6 is 11.6 Å². The number of nitrogens with zero attached hydrogens (tertiary/aromatic N) is 3. The highest BCUT2D eigenvalue weighted by Gasteiger charge is 2.24. The molecule has 0 heterocycles. The summed E-state index contributed by atoms with van der Waals surface area (Å²) in [6.45, 7) is 2.10. The van der Waals surface area contributed by atoms with Crippen LogP contribution in [0.4, 0.5) is 0 Å². The Morgan fingerprint density at radius 2 is 1.53 bits per heavy atom. The molecule has 5 heteroatoms. The van der Waals surface area contributed by atoms with Gasteiger partial charge in [0, 0.05) is 23.0 Å². The lowest BCUT2D eigenvalue weighted by molar-refractivity contribution is 0.401. The van der Waals surface area contributed by atoms with Crippen LogP contribution in [-0.2, 0) is 6.42 Å². The van der Waals surface area contributed by atoms with Gasteiger partial charge in [0.05, 0.1) is 35.8 Å². The summed E-state index contributed by atoms with van der Waals surface area (Å²) in [5.41, 5.74) is 4.39. The molecule has 32 heavy (non-hydrogen) atoms. The van der Waals surface area contributed by atoms with E-state index in [2.05, 4.69) is 30.4 Å².